The molecular formula is C14H23NO4S. The minimum Gasteiger partial charge on any atom is -0.494 e. The summed E-state index contributed by atoms with van der Waals surface area (Å²) in [5, 5.41) is 4.92. The lowest BCUT2D eigenvalue weighted by molar-refractivity contribution is 0.301. The Bertz CT molecular complexity index is 470. The Labute approximate surface area is 121 Å². The molecule has 0 aliphatic carbocycles. The normalized spacial score (nSPS) is 11.3. The molecule has 1 aromatic carbocycles. The summed E-state index contributed by atoms with van der Waals surface area (Å²) in [7, 11) is -3.33. The highest BCUT2D eigenvalue weighted by Gasteiger charge is 2.01. The van der Waals surface area contributed by atoms with Crippen molar-refractivity contribution in [3.63, 3.8) is 0 Å². The fraction of sp³-hybridized carbons (Fsp3) is 0.571. The number of nitrogens with two attached hydrogens (primary N) is 1. The average Bonchev–Trinajstić information content (AvgIpc) is 2.40. The van der Waals surface area contributed by atoms with Gasteiger partial charge in [0.25, 0.3) is 0 Å². The molecule has 0 heterocycles. The maximum atomic E-state index is 10.7. The van der Waals surface area contributed by atoms with E-state index in [0.717, 1.165) is 30.8 Å². The fourth-order valence-corrected chi connectivity index (χ4v) is 2.23. The highest BCUT2D eigenvalue weighted by molar-refractivity contribution is 7.89. The van der Waals surface area contributed by atoms with Crippen molar-refractivity contribution in [1.82, 2.24) is 0 Å². The van der Waals surface area contributed by atoms with Crippen molar-refractivity contribution in [2.24, 2.45) is 5.14 Å². The van der Waals surface area contributed by atoms with Crippen molar-refractivity contribution in [3.05, 3.63) is 24.3 Å². The van der Waals surface area contributed by atoms with Crippen LogP contribution in [0.2, 0.25) is 0 Å². The van der Waals surface area contributed by atoms with Gasteiger partial charge in [-0.05, 0) is 49.9 Å². The largest absolute Gasteiger partial charge is 0.494 e. The first-order valence-electron chi connectivity index (χ1n) is 6.87. The summed E-state index contributed by atoms with van der Waals surface area (Å²) in [5.74, 6) is 1.67. The second kappa shape index (κ2) is 8.81. The zero-order valence-corrected chi connectivity index (χ0v) is 12.7. The van der Waals surface area contributed by atoms with E-state index in [-0.39, 0.29) is 5.75 Å². The van der Waals surface area contributed by atoms with Crippen LogP contribution in [-0.2, 0) is 10.0 Å². The predicted octanol–water partition coefficient (Wildman–Crippen LogP) is 2.31. The van der Waals surface area contributed by atoms with Crippen LogP contribution in [0.15, 0.2) is 24.3 Å². The van der Waals surface area contributed by atoms with Gasteiger partial charge in [-0.25, -0.2) is 13.6 Å². The van der Waals surface area contributed by atoms with Gasteiger partial charge in [0.1, 0.15) is 11.5 Å². The first kappa shape index (κ1) is 16.8. The van der Waals surface area contributed by atoms with Crippen LogP contribution in [0.25, 0.3) is 0 Å². The van der Waals surface area contributed by atoms with Gasteiger partial charge in [-0.1, -0.05) is 6.92 Å². The first-order chi connectivity index (χ1) is 9.51. The Kier molecular flexibility index (Phi) is 7.40. The molecule has 0 fully saturated rings. The van der Waals surface area contributed by atoms with Crippen LogP contribution in [0.4, 0.5) is 0 Å². The van der Waals surface area contributed by atoms with E-state index in [9.17, 15) is 8.42 Å². The molecule has 0 radical (unpaired) electrons. The molecule has 2 N–H and O–H groups in total. The van der Waals surface area contributed by atoms with E-state index < -0.39 is 10.0 Å². The van der Waals surface area contributed by atoms with Crippen molar-refractivity contribution in [2.45, 2.75) is 32.6 Å². The van der Waals surface area contributed by atoms with Gasteiger partial charge in [-0.3, -0.25) is 0 Å². The second-order valence-corrected chi connectivity index (χ2v) is 6.33. The lowest BCUT2D eigenvalue weighted by atomic mass is 10.2. The molecule has 0 aromatic heterocycles. The average molecular weight is 301 g/mol. The molecule has 0 unspecified atom stereocenters. The van der Waals surface area contributed by atoms with Crippen molar-refractivity contribution in [3.8, 4) is 11.5 Å². The van der Waals surface area contributed by atoms with Gasteiger partial charge in [0.15, 0.2) is 0 Å². The number of primary sulfonamides is 1. The Hall–Kier alpha value is -1.27. The minimum absolute atomic E-state index is 0.0382. The fourth-order valence-electron chi connectivity index (χ4n) is 1.62. The SMILES string of the molecule is CCCOc1ccc(OCCCCCS(N)(=O)=O)cc1. The van der Waals surface area contributed by atoms with Gasteiger partial charge in [-0.15, -0.1) is 0 Å². The Balaban J connectivity index is 2.16. The summed E-state index contributed by atoms with van der Waals surface area (Å²) < 4.78 is 32.5. The summed E-state index contributed by atoms with van der Waals surface area (Å²) in [4.78, 5) is 0. The van der Waals surface area contributed by atoms with Crippen LogP contribution in [0.5, 0.6) is 11.5 Å². The van der Waals surface area contributed by atoms with Crippen LogP contribution < -0.4 is 14.6 Å². The summed E-state index contributed by atoms with van der Waals surface area (Å²) in [6.45, 7) is 3.34. The molecule has 6 heteroatoms. The number of rotatable bonds is 10. The molecule has 0 bridgehead atoms. The van der Waals surface area contributed by atoms with Gasteiger partial charge in [0.2, 0.25) is 10.0 Å². The molecule has 0 saturated carbocycles. The van der Waals surface area contributed by atoms with Crippen molar-refractivity contribution >= 4 is 10.0 Å². The van der Waals surface area contributed by atoms with Gasteiger partial charge >= 0.3 is 0 Å². The van der Waals surface area contributed by atoms with Crippen LogP contribution in [0.1, 0.15) is 32.6 Å². The third-order valence-corrected chi connectivity index (χ3v) is 3.50. The molecule has 0 amide bonds. The molecule has 0 aliphatic heterocycles. The summed E-state index contributed by atoms with van der Waals surface area (Å²) in [6.07, 6.45) is 3.15. The number of benzene rings is 1. The molecular weight excluding hydrogens is 278 g/mol. The molecule has 0 aliphatic rings. The molecule has 0 atom stereocenters. The van der Waals surface area contributed by atoms with Crippen LogP contribution in [-0.4, -0.2) is 27.4 Å². The molecule has 0 spiro atoms. The smallest absolute Gasteiger partial charge is 0.209 e. The van der Waals surface area contributed by atoms with Gasteiger partial charge < -0.3 is 9.47 Å². The highest BCUT2D eigenvalue weighted by atomic mass is 32.2. The number of hydrogen-bond donors (Lipinski definition) is 1. The second-order valence-electron chi connectivity index (χ2n) is 4.60. The van der Waals surface area contributed by atoms with E-state index in [1.165, 1.54) is 0 Å². The van der Waals surface area contributed by atoms with E-state index >= 15 is 0 Å². The quantitative estimate of drug-likeness (QED) is 0.673. The van der Waals surface area contributed by atoms with Crippen LogP contribution in [0, 0.1) is 0 Å². The molecule has 1 rings (SSSR count). The molecule has 1 aromatic rings. The lowest BCUT2D eigenvalue weighted by Gasteiger charge is -2.08. The maximum Gasteiger partial charge on any atom is 0.209 e. The maximum absolute atomic E-state index is 10.7. The number of unbranched alkanes of at least 4 members (excludes halogenated alkanes) is 2. The van der Waals surface area contributed by atoms with E-state index in [4.69, 9.17) is 14.6 Å². The topological polar surface area (TPSA) is 78.6 Å². The molecule has 20 heavy (non-hydrogen) atoms. The Morgan fingerprint density at radius 1 is 0.950 bits per heavy atom. The molecule has 5 nitrogen and oxygen atoms in total. The van der Waals surface area contributed by atoms with Gasteiger partial charge in [0.05, 0.1) is 19.0 Å². The number of sulfonamides is 1. The Morgan fingerprint density at radius 3 is 2.00 bits per heavy atom. The van der Waals surface area contributed by atoms with Gasteiger partial charge in [-0.2, -0.15) is 0 Å². The zero-order valence-electron chi connectivity index (χ0n) is 11.9. The summed E-state index contributed by atoms with van der Waals surface area (Å²) >= 11 is 0. The number of ether oxygens (including phenoxy) is 2. The van der Waals surface area contributed by atoms with E-state index in [2.05, 4.69) is 6.92 Å². The van der Waals surface area contributed by atoms with E-state index in [1.807, 2.05) is 24.3 Å². The Morgan fingerprint density at radius 2 is 1.50 bits per heavy atom. The van der Waals surface area contributed by atoms with E-state index in [0.29, 0.717) is 19.6 Å². The zero-order chi connectivity index (χ0) is 14.8. The monoisotopic (exact) mass is 301 g/mol. The minimum atomic E-state index is -3.33. The van der Waals surface area contributed by atoms with Gasteiger partial charge in [0, 0.05) is 0 Å². The van der Waals surface area contributed by atoms with Crippen molar-refractivity contribution in [1.29, 1.82) is 0 Å². The molecule has 0 saturated heterocycles. The molecule has 114 valence electrons. The highest BCUT2D eigenvalue weighted by Crippen LogP contribution is 2.18. The van der Waals surface area contributed by atoms with Crippen molar-refractivity contribution in [2.75, 3.05) is 19.0 Å². The summed E-state index contributed by atoms with van der Waals surface area (Å²) in [6, 6.07) is 7.50. The predicted molar refractivity (Wildman–Crippen MR) is 79.5 cm³/mol. The third kappa shape index (κ3) is 8.01. The van der Waals surface area contributed by atoms with Crippen molar-refractivity contribution < 1.29 is 17.9 Å². The lowest BCUT2D eigenvalue weighted by Crippen LogP contribution is -2.16. The first-order valence-corrected chi connectivity index (χ1v) is 8.59. The number of hydrogen-bond acceptors (Lipinski definition) is 4. The van der Waals surface area contributed by atoms with E-state index in [1.54, 1.807) is 0 Å². The van der Waals surface area contributed by atoms with Crippen LogP contribution >= 0.6 is 0 Å². The standard InChI is InChI=1S/C14H23NO4S/c1-2-10-18-13-6-8-14(9-7-13)19-11-4-3-5-12-20(15,16)17/h6-9H,2-5,10-12H2,1H3,(H2,15,16,17). The van der Waals surface area contributed by atoms with Crippen LogP contribution in [0.3, 0.4) is 0 Å². The third-order valence-electron chi connectivity index (χ3n) is 2.64. The summed E-state index contributed by atoms with van der Waals surface area (Å²) in [5.41, 5.74) is 0.